The number of nitrogens with zero attached hydrogens (tertiary/aromatic N) is 2. The molecule has 2 rings (SSSR count). The summed E-state index contributed by atoms with van der Waals surface area (Å²) in [6.45, 7) is 17.7. The molecule has 10 nitrogen and oxygen atoms in total. The molecule has 0 aromatic heterocycles. The zero-order chi connectivity index (χ0) is 38.2. The van der Waals surface area contributed by atoms with Crippen molar-refractivity contribution in [2.24, 2.45) is 0 Å². The third kappa shape index (κ3) is 17.8. The molecule has 2 heterocycles. The number of hydrogen-bond acceptors (Lipinski definition) is 8. The average molecular weight is 711 g/mol. The van der Waals surface area contributed by atoms with Gasteiger partial charge in [-0.25, -0.2) is 0 Å². The van der Waals surface area contributed by atoms with E-state index in [1.165, 1.54) is 0 Å². The second kappa shape index (κ2) is 21.4. The maximum atomic E-state index is 12.1. The predicted molar refractivity (Wildman–Crippen MR) is 199 cm³/mol. The third-order valence-electron chi connectivity index (χ3n) is 11.2. The summed E-state index contributed by atoms with van der Waals surface area (Å²) in [6, 6.07) is 0. The van der Waals surface area contributed by atoms with Gasteiger partial charge in [0.25, 0.3) is 0 Å². The molecule has 2 fully saturated rings. The number of aliphatic carboxylic acids is 2. The van der Waals surface area contributed by atoms with Gasteiger partial charge in [-0.3, -0.25) is 29.0 Å². The fourth-order valence-electron chi connectivity index (χ4n) is 7.72. The standard InChI is InChI=1S/2C20H37NO4/c2*1-19(2)14-16(15-20(3,4)21(19)5)25-18(24)13-11-9-7-6-8-10-12-17(22)23/h2*16H,6-15H2,1-5H3,(H,22,23). The number of esters is 2. The number of piperidine rings is 2. The van der Waals surface area contributed by atoms with Crippen LogP contribution in [0.15, 0.2) is 0 Å². The minimum absolute atomic E-state index is 0.00437. The fourth-order valence-corrected chi connectivity index (χ4v) is 7.72. The summed E-state index contributed by atoms with van der Waals surface area (Å²) in [5, 5.41) is 17.2. The van der Waals surface area contributed by atoms with E-state index in [9.17, 15) is 19.2 Å². The molecule has 0 aromatic carbocycles. The number of carbonyl (C=O) groups excluding carboxylic acids is 2. The lowest BCUT2D eigenvalue weighted by molar-refractivity contribution is -0.160. The highest BCUT2D eigenvalue weighted by molar-refractivity contribution is 5.70. The van der Waals surface area contributed by atoms with Crippen LogP contribution in [-0.4, -0.2) is 92.3 Å². The Morgan fingerprint density at radius 2 is 0.680 bits per heavy atom. The Bertz CT molecular complexity index is 936. The van der Waals surface area contributed by atoms with E-state index in [2.05, 4.69) is 79.3 Å². The van der Waals surface area contributed by atoms with Crippen molar-refractivity contribution in [2.75, 3.05) is 14.1 Å². The Balaban J connectivity index is 0.000000500. The van der Waals surface area contributed by atoms with Gasteiger partial charge in [-0.1, -0.05) is 51.4 Å². The minimum atomic E-state index is -0.719. The molecule has 0 atom stereocenters. The van der Waals surface area contributed by atoms with Crippen LogP contribution in [0.3, 0.4) is 0 Å². The first-order valence-corrected chi connectivity index (χ1v) is 19.4. The molecule has 0 spiro atoms. The summed E-state index contributed by atoms with van der Waals surface area (Å²) in [5.74, 6) is -1.59. The molecule has 0 amide bonds. The van der Waals surface area contributed by atoms with E-state index in [1.807, 2.05) is 0 Å². The number of carbonyl (C=O) groups is 4. The Morgan fingerprint density at radius 1 is 0.460 bits per heavy atom. The monoisotopic (exact) mass is 711 g/mol. The highest BCUT2D eigenvalue weighted by atomic mass is 16.5. The molecule has 0 aliphatic carbocycles. The zero-order valence-electron chi connectivity index (χ0n) is 33.5. The average Bonchev–Trinajstić information content (AvgIpc) is 2.96. The number of hydrogen-bond donors (Lipinski definition) is 2. The fraction of sp³-hybridized carbons (Fsp3) is 0.900. The molecule has 50 heavy (non-hydrogen) atoms. The molecule has 10 heteroatoms. The summed E-state index contributed by atoms with van der Waals surface area (Å²) in [4.78, 5) is 49.8. The largest absolute Gasteiger partial charge is 0.481 e. The maximum absolute atomic E-state index is 12.1. The number of likely N-dealkylation sites (tertiary alicyclic amines) is 2. The van der Waals surface area contributed by atoms with Crippen LogP contribution in [0.25, 0.3) is 0 Å². The van der Waals surface area contributed by atoms with Crippen molar-refractivity contribution >= 4 is 23.9 Å². The van der Waals surface area contributed by atoms with Crippen LogP contribution in [0.5, 0.6) is 0 Å². The Hall–Kier alpha value is -2.20. The van der Waals surface area contributed by atoms with Gasteiger partial charge in [-0.2, -0.15) is 0 Å². The van der Waals surface area contributed by atoms with Crippen molar-refractivity contribution in [3.63, 3.8) is 0 Å². The number of carboxylic acids is 2. The topological polar surface area (TPSA) is 134 Å². The smallest absolute Gasteiger partial charge is 0.306 e. The van der Waals surface area contributed by atoms with E-state index >= 15 is 0 Å². The van der Waals surface area contributed by atoms with Crippen molar-refractivity contribution in [3.05, 3.63) is 0 Å². The first kappa shape index (κ1) is 45.8. The quantitative estimate of drug-likeness (QED) is 0.0933. The van der Waals surface area contributed by atoms with E-state index in [0.717, 1.165) is 103 Å². The van der Waals surface area contributed by atoms with Crippen molar-refractivity contribution in [1.29, 1.82) is 0 Å². The normalized spacial score (nSPS) is 20.4. The molecule has 0 saturated carbocycles. The molecule has 2 saturated heterocycles. The van der Waals surface area contributed by atoms with Crippen LogP contribution in [0, 0.1) is 0 Å². The number of carboxylic acid groups (broad SMARTS) is 2. The Labute approximate surface area is 304 Å². The Kier molecular flexibility index (Phi) is 19.6. The third-order valence-corrected chi connectivity index (χ3v) is 11.2. The summed E-state index contributed by atoms with van der Waals surface area (Å²) in [7, 11) is 4.29. The van der Waals surface area contributed by atoms with E-state index in [1.54, 1.807) is 0 Å². The maximum Gasteiger partial charge on any atom is 0.306 e. The number of unbranched alkanes of at least 4 members (excludes halogenated alkanes) is 10. The SMILES string of the molecule is CN1C(C)(C)CC(OC(=O)CCCCCCCCC(=O)O)CC1(C)C.CN1C(C)(C)CC(OC(=O)CCCCCCCCC(=O)O)CC1(C)C. The molecular weight excluding hydrogens is 636 g/mol. The van der Waals surface area contributed by atoms with Crippen LogP contribution in [0.1, 0.15) is 184 Å². The highest BCUT2D eigenvalue weighted by Gasteiger charge is 2.45. The second-order valence-corrected chi connectivity index (χ2v) is 17.4. The molecule has 0 bridgehead atoms. The number of ether oxygens (including phenoxy) is 2. The molecule has 0 radical (unpaired) electrons. The highest BCUT2D eigenvalue weighted by Crippen LogP contribution is 2.39. The van der Waals surface area contributed by atoms with Crippen molar-refractivity contribution in [1.82, 2.24) is 9.80 Å². The van der Waals surface area contributed by atoms with Gasteiger partial charge in [0, 0.05) is 73.5 Å². The van der Waals surface area contributed by atoms with Crippen molar-refractivity contribution < 1.29 is 38.9 Å². The first-order chi connectivity index (χ1) is 23.1. The summed E-state index contributed by atoms with van der Waals surface area (Å²) in [5.41, 5.74) is 0.122. The van der Waals surface area contributed by atoms with Crippen LogP contribution in [0.4, 0.5) is 0 Å². The molecule has 2 N–H and O–H groups in total. The number of rotatable bonds is 20. The van der Waals surface area contributed by atoms with Gasteiger partial charge in [0.2, 0.25) is 0 Å². The van der Waals surface area contributed by atoms with Crippen molar-refractivity contribution in [2.45, 2.75) is 218 Å². The van der Waals surface area contributed by atoms with Gasteiger partial charge in [-0.15, -0.1) is 0 Å². The molecule has 2 aliphatic rings. The van der Waals surface area contributed by atoms with E-state index < -0.39 is 11.9 Å². The Morgan fingerprint density at radius 3 is 0.920 bits per heavy atom. The molecule has 0 unspecified atom stereocenters. The molecule has 0 aromatic rings. The summed E-state index contributed by atoms with van der Waals surface area (Å²) < 4.78 is 11.5. The summed E-state index contributed by atoms with van der Waals surface area (Å²) in [6.07, 6.45) is 16.3. The van der Waals surface area contributed by atoms with Crippen LogP contribution >= 0.6 is 0 Å². The first-order valence-electron chi connectivity index (χ1n) is 19.4. The lowest BCUT2D eigenvalue weighted by Gasteiger charge is -2.53. The predicted octanol–water partition coefficient (Wildman–Crippen LogP) is 8.77. The summed E-state index contributed by atoms with van der Waals surface area (Å²) >= 11 is 0. The van der Waals surface area contributed by atoms with Gasteiger partial charge >= 0.3 is 23.9 Å². The lowest BCUT2D eigenvalue weighted by Crippen LogP contribution is -2.60. The van der Waals surface area contributed by atoms with Gasteiger partial charge in [0.15, 0.2) is 0 Å². The van der Waals surface area contributed by atoms with Crippen LogP contribution in [0.2, 0.25) is 0 Å². The minimum Gasteiger partial charge on any atom is -0.481 e. The van der Waals surface area contributed by atoms with Gasteiger partial charge in [0.1, 0.15) is 12.2 Å². The van der Waals surface area contributed by atoms with Crippen LogP contribution in [-0.2, 0) is 28.7 Å². The molecule has 292 valence electrons. The zero-order valence-corrected chi connectivity index (χ0v) is 33.5. The lowest BCUT2D eigenvalue weighted by atomic mass is 9.78. The van der Waals surface area contributed by atoms with Crippen molar-refractivity contribution in [3.8, 4) is 0 Å². The van der Waals surface area contributed by atoms with E-state index in [-0.39, 0.29) is 59.1 Å². The molecular formula is C40H74N2O8. The van der Waals surface area contributed by atoms with Gasteiger partial charge in [-0.05, 0) is 95.2 Å². The van der Waals surface area contributed by atoms with Gasteiger partial charge < -0.3 is 19.7 Å². The van der Waals surface area contributed by atoms with Crippen LogP contribution < -0.4 is 0 Å². The van der Waals surface area contributed by atoms with E-state index in [0.29, 0.717) is 12.8 Å². The molecule has 2 aliphatic heterocycles. The van der Waals surface area contributed by atoms with E-state index in [4.69, 9.17) is 19.7 Å². The second-order valence-electron chi connectivity index (χ2n) is 17.4. The van der Waals surface area contributed by atoms with Gasteiger partial charge in [0.05, 0.1) is 0 Å².